The lowest BCUT2D eigenvalue weighted by Gasteiger charge is -2.20. The number of carbonyl (C=O) groups excluding carboxylic acids is 2. The number of hydroxylamine groups is 2. The van der Waals surface area contributed by atoms with Crippen LogP contribution in [0, 0.1) is 6.92 Å². The molecule has 1 fully saturated rings. The van der Waals surface area contributed by atoms with Crippen molar-refractivity contribution in [1.82, 2.24) is 5.06 Å². The van der Waals surface area contributed by atoms with Crippen LogP contribution in [0.15, 0.2) is 29.2 Å². The highest BCUT2D eigenvalue weighted by Crippen LogP contribution is 2.28. The van der Waals surface area contributed by atoms with Crippen LogP contribution in [-0.4, -0.2) is 42.3 Å². The van der Waals surface area contributed by atoms with Crippen LogP contribution in [0.1, 0.15) is 25.8 Å². The number of hydrogen-bond acceptors (Lipinski definition) is 7. The second kappa shape index (κ2) is 8.33. The van der Waals surface area contributed by atoms with Gasteiger partial charge in [-0.3, -0.25) is 9.59 Å². The Morgan fingerprint density at radius 3 is 2.61 bits per heavy atom. The van der Waals surface area contributed by atoms with Crippen LogP contribution in [0.4, 0.5) is 0 Å². The van der Waals surface area contributed by atoms with Gasteiger partial charge in [-0.25, -0.2) is 4.28 Å². The van der Waals surface area contributed by atoms with Gasteiger partial charge in [0.2, 0.25) is 0 Å². The number of rotatable bonds is 6. The Labute approximate surface area is 140 Å². The fourth-order valence-electron chi connectivity index (χ4n) is 2.31. The molecule has 1 aromatic carbocycles. The van der Waals surface area contributed by atoms with E-state index in [0.717, 1.165) is 22.5 Å². The molecule has 7 heteroatoms. The molecule has 0 bridgehead atoms. The molecule has 0 saturated carbocycles. The third-order valence-corrected chi connectivity index (χ3v) is 4.09. The zero-order valence-electron chi connectivity index (χ0n) is 13.5. The van der Waals surface area contributed by atoms with Crippen molar-refractivity contribution in [2.24, 2.45) is 0 Å². The Hall–Kier alpha value is -1.57. The summed E-state index contributed by atoms with van der Waals surface area (Å²) in [6.07, 6.45) is -0.00659. The summed E-state index contributed by atoms with van der Waals surface area (Å²) in [4.78, 5) is 24.1. The second-order valence-electron chi connectivity index (χ2n) is 5.31. The summed E-state index contributed by atoms with van der Waals surface area (Å²) in [6, 6.07) is 7.29. The molecule has 0 N–H and O–H groups in total. The van der Waals surface area contributed by atoms with Gasteiger partial charge in [-0.15, -0.1) is 0 Å². The summed E-state index contributed by atoms with van der Waals surface area (Å²) >= 11 is 1.16. The van der Waals surface area contributed by atoms with Gasteiger partial charge >= 0.3 is 11.9 Å². The van der Waals surface area contributed by atoms with E-state index in [4.69, 9.17) is 13.8 Å². The summed E-state index contributed by atoms with van der Waals surface area (Å²) < 4.78 is 15.9. The van der Waals surface area contributed by atoms with Crippen LogP contribution in [0.25, 0.3) is 0 Å². The standard InChI is InChI=1S/C16H21NO5S/c1-4-20-16(19)15-9-13(21-12(3)18)10-17(15)22-23-14-7-5-11(2)6-8-14/h5-8,13,15H,4,9-10H2,1-3H3/t13?,15-/m0/s1. The molecule has 0 radical (unpaired) electrons. The quantitative estimate of drug-likeness (QED) is 0.583. The molecule has 6 nitrogen and oxygen atoms in total. The summed E-state index contributed by atoms with van der Waals surface area (Å²) in [7, 11) is 0. The molecule has 1 unspecified atom stereocenters. The van der Waals surface area contributed by atoms with Crippen molar-refractivity contribution in [3.05, 3.63) is 29.8 Å². The number of esters is 2. The normalized spacial score (nSPS) is 21.2. The Kier molecular flexibility index (Phi) is 6.44. The maximum absolute atomic E-state index is 12.0. The van der Waals surface area contributed by atoms with E-state index in [-0.39, 0.29) is 18.0 Å². The molecular weight excluding hydrogens is 318 g/mol. The van der Waals surface area contributed by atoms with Crippen molar-refractivity contribution in [2.75, 3.05) is 13.2 Å². The molecule has 1 heterocycles. The van der Waals surface area contributed by atoms with E-state index >= 15 is 0 Å². The molecule has 0 spiro atoms. The number of hydrogen-bond donors (Lipinski definition) is 0. The molecule has 126 valence electrons. The molecule has 1 aromatic rings. The maximum atomic E-state index is 12.0. The van der Waals surface area contributed by atoms with E-state index in [1.165, 1.54) is 12.0 Å². The topological polar surface area (TPSA) is 65.1 Å². The lowest BCUT2D eigenvalue weighted by molar-refractivity contribution is -0.158. The monoisotopic (exact) mass is 339 g/mol. The smallest absolute Gasteiger partial charge is 0.325 e. The molecule has 1 aliphatic rings. The Bertz CT molecular complexity index is 548. The molecule has 0 amide bonds. The van der Waals surface area contributed by atoms with Gasteiger partial charge in [0.25, 0.3) is 0 Å². The molecule has 2 atom stereocenters. The molecule has 0 aliphatic carbocycles. The average molecular weight is 339 g/mol. The molecule has 1 saturated heterocycles. The highest BCUT2D eigenvalue weighted by atomic mass is 32.2. The van der Waals surface area contributed by atoms with Gasteiger partial charge in [-0.1, -0.05) is 17.7 Å². The summed E-state index contributed by atoms with van der Waals surface area (Å²) in [6.45, 7) is 5.75. The fourth-order valence-corrected chi connectivity index (χ4v) is 2.90. The predicted molar refractivity (Wildman–Crippen MR) is 85.4 cm³/mol. The third-order valence-electron chi connectivity index (χ3n) is 3.36. The lowest BCUT2D eigenvalue weighted by Crippen LogP contribution is -2.36. The SMILES string of the molecule is CCOC(=O)[C@@H]1CC(OC(C)=O)CN1OSc1ccc(C)cc1. The van der Waals surface area contributed by atoms with Crippen molar-refractivity contribution in [3.8, 4) is 0 Å². The zero-order chi connectivity index (χ0) is 16.8. The molecule has 0 aromatic heterocycles. The fraction of sp³-hybridized carbons (Fsp3) is 0.500. The van der Waals surface area contributed by atoms with Gasteiger partial charge in [-0.05, 0) is 26.0 Å². The van der Waals surface area contributed by atoms with E-state index in [1.807, 2.05) is 31.2 Å². The Balaban J connectivity index is 1.98. The Morgan fingerprint density at radius 2 is 2.00 bits per heavy atom. The summed E-state index contributed by atoms with van der Waals surface area (Å²) in [5, 5.41) is 1.52. The minimum absolute atomic E-state index is 0.298. The minimum atomic E-state index is -0.572. The van der Waals surface area contributed by atoms with Gasteiger partial charge in [0.15, 0.2) is 0 Å². The lowest BCUT2D eigenvalue weighted by atomic mass is 10.2. The number of nitrogens with zero attached hydrogens (tertiary/aromatic N) is 1. The molecule has 23 heavy (non-hydrogen) atoms. The van der Waals surface area contributed by atoms with Crippen LogP contribution in [0.5, 0.6) is 0 Å². The third kappa shape index (κ3) is 5.23. The summed E-state index contributed by atoms with van der Waals surface area (Å²) in [5.41, 5.74) is 1.16. The van der Waals surface area contributed by atoms with Crippen LogP contribution in [0.3, 0.4) is 0 Å². The van der Waals surface area contributed by atoms with Crippen molar-refractivity contribution < 1.29 is 23.3 Å². The Morgan fingerprint density at radius 1 is 1.30 bits per heavy atom. The van der Waals surface area contributed by atoms with Gasteiger partial charge in [0, 0.05) is 18.2 Å². The van der Waals surface area contributed by atoms with Crippen LogP contribution < -0.4 is 0 Å². The van der Waals surface area contributed by atoms with Gasteiger partial charge in [0.1, 0.15) is 12.1 Å². The number of carbonyl (C=O) groups is 2. The van der Waals surface area contributed by atoms with E-state index < -0.39 is 6.04 Å². The average Bonchev–Trinajstić information content (AvgIpc) is 2.89. The first kappa shape index (κ1) is 17.8. The molecular formula is C16H21NO5S. The van der Waals surface area contributed by atoms with E-state index in [9.17, 15) is 9.59 Å². The first-order valence-electron chi connectivity index (χ1n) is 7.51. The van der Waals surface area contributed by atoms with Gasteiger partial charge in [0.05, 0.1) is 25.2 Å². The van der Waals surface area contributed by atoms with Crippen molar-refractivity contribution in [2.45, 2.75) is 44.2 Å². The number of ether oxygens (including phenoxy) is 2. The molecule has 2 rings (SSSR count). The first-order chi connectivity index (χ1) is 11.0. The van der Waals surface area contributed by atoms with Crippen LogP contribution in [0.2, 0.25) is 0 Å². The highest BCUT2D eigenvalue weighted by molar-refractivity contribution is 7.94. The van der Waals surface area contributed by atoms with Crippen LogP contribution >= 0.6 is 12.0 Å². The molecule has 1 aliphatic heterocycles. The van der Waals surface area contributed by atoms with Crippen molar-refractivity contribution in [3.63, 3.8) is 0 Å². The number of benzene rings is 1. The second-order valence-corrected chi connectivity index (χ2v) is 6.09. The first-order valence-corrected chi connectivity index (χ1v) is 8.25. The minimum Gasteiger partial charge on any atom is -0.465 e. The van der Waals surface area contributed by atoms with Gasteiger partial charge < -0.3 is 9.47 Å². The number of aryl methyl sites for hydroxylation is 1. The highest BCUT2D eigenvalue weighted by Gasteiger charge is 2.40. The van der Waals surface area contributed by atoms with Crippen molar-refractivity contribution in [1.29, 1.82) is 0 Å². The van der Waals surface area contributed by atoms with Crippen molar-refractivity contribution >= 4 is 24.0 Å². The summed E-state index contributed by atoms with van der Waals surface area (Å²) in [5.74, 6) is -0.739. The van der Waals surface area contributed by atoms with E-state index in [0.29, 0.717) is 19.6 Å². The van der Waals surface area contributed by atoms with E-state index in [1.54, 1.807) is 6.92 Å². The maximum Gasteiger partial charge on any atom is 0.325 e. The predicted octanol–water partition coefficient (Wildman–Crippen LogP) is 2.50. The van der Waals surface area contributed by atoms with Crippen LogP contribution in [-0.2, 0) is 23.3 Å². The van der Waals surface area contributed by atoms with Gasteiger partial charge in [-0.2, -0.15) is 5.06 Å². The zero-order valence-corrected chi connectivity index (χ0v) is 14.3. The largest absolute Gasteiger partial charge is 0.465 e. The van der Waals surface area contributed by atoms with E-state index in [2.05, 4.69) is 0 Å².